The van der Waals surface area contributed by atoms with Crippen LogP contribution < -0.4 is 5.73 Å². The van der Waals surface area contributed by atoms with Crippen LogP contribution in [0.1, 0.15) is 26.2 Å². The smallest absolute Gasteiger partial charge is 0.139 e. The second-order valence-corrected chi connectivity index (χ2v) is 5.83. The van der Waals surface area contributed by atoms with Gasteiger partial charge in [0, 0.05) is 16.5 Å². The van der Waals surface area contributed by atoms with E-state index in [0.717, 1.165) is 31.1 Å². The Morgan fingerprint density at radius 1 is 1.33 bits per heavy atom. The maximum Gasteiger partial charge on any atom is 0.139 e. The van der Waals surface area contributed by atoms with Gasteiger partial charge >= 0.3 is 0 Å². The van der Waals surface area contributed by atoms with Crippen molar-refractivity contribution in [3.05, 3.63) is 29.8 Å². The van der Waals surface area contributed by atoms with Crippen molar-refractivity contribution in [2.24, 2.45) is 5.73 Å². The van der Waals surface area contributed by atoms with E-state index in [1.807, 2.05) is 0 Å². The van der Waals surface area contributed by atoms with Crippen LogP contribution in [0, 0.1) is 11.6 Å². The molecule has 0 bridgehead atoms. The molecule has 0 amide bonds. The third kappa shape index (κ3) is 5.33. The van der Waals surface area contributed by atoms with E-state index in [-0.39, 0.29) is 6.61 Å². The molecule has 0 radical (unpaired) electrons. The third-order valence-corrected chi connectivity index (χ3v) is 3.79. The maximum atomic E-state index is 13.3. The number of hydrogen-bond donors (Lipinski definition) is 2. The van der Waals surface area contributed by atoms with Crippen molar-refractivity contribution in [1.29, 1.82) is 0 Å². The SMILES string of the molecule is CC(N)(CO)CCCCSc1ccc(F)cc1F. The highest BCUT2D eigenvalue weighted by molar-refractivity contribution is 7.99. The summed E-state index contributed by atoms with van der Waals surface area (Å²) >= 11 is 1.37. The highest BCUT2D eigenvalue weighted by Gasteiger charge is 2.15. The molecule has 1 aromatic rings. The van der Waals surface area contributed by atoms with Gasteiger partial charge in [-0.15, -0.1) is 11.8 Å². The van der Waals surface area contributed by atoms with E-state index in [1.54, 1.807) is 6.92 Å². The molecule has 0 spiro atoms. The quantitative estimate of drug-likeness (QED) is 0.594. The maximum absolute atomic E-state index is 13.3. The summed E-state index contributed by atoms with van der Waals surface area (Å²) in [5.74, 6) is -0.318. The summed E-state index contributed by atoms with van der Waals surface area (Å²) in [6.07, 6.45) is 2.49. The van der Waals surface area contributed by atoms with E-state index < -0.39 is 17.2 Å². The van der Waals surface area contributed by atoms with Crippen molar-refractivity contribution in [2.45, 2.75) is 36.6 Å². The van der Waals surface area contributed by atoms with Crippen LogP contribution in [0.25, 0.3) is 0 Å². The zero-order valence-electron chi connectivity index (χ0n) is 10.5. The molecule has 3 N–H and O–H groups in total. The number of rotatable bonds is 7. The Hall–Kier alpha value is -0.650. The Bertz CT molecular complexity index is 385. The molecule has 102 valence electrons. The first kappa shape index (κ1) is 15.4. The first-order chi connectivity index (χ1) is 8.44. The molecular formula is C13H19F2NOS. The summed E-state index contributed by atoms with van der Waals surface area (Å²) in [5, 5.41) is 8.98. The minimum Gasteiger partial charge on any atom is -0.394 e. The molecule has 5 heteroatoms. The number of benzene rings is 1. The molecule has 1 aromatic carbocycles. The van der Waals surface area contributed by atoms with Crippen LogP contribution in [0.15, 0.2) is 23.1 Å². The molecule has 0 aliphatic rings. The van der Waals surface area contributed by atoms with Crippen molar-refractivity contribution in [1.82, 2.24) is 0 Å². The lowest BCUT2D eigenvalue weighted by Gasteiger charge is -2.21. The van der Waals surface area contributed by atoms with Crippen molar-refractivity contribution in [3.63, 3.8) is 0 Å². The fourth-order valence-electron chi connectivity index (χ4n) is 1.48. The number of unbranched alkanes of at least 4 members (excludes halogenated alkanes) is 1. The minimum atomic E-state index is -0.557. The minimum absolute atomic E-state index is 0.0350. The van der Waals surface area contributed by atoms with Crippen molar-refractivity contribution >= 4 is 11.8 Å². The van der Waals surface area contributed by atoms with E-state index in [2.05, 4.69) is 0 Å². The van der Waals surface area contributed by atoms with Crippen LogP contribution in [-0.2, 0) is 0 Å². The topological polar surface area (TPSA) is 46.2 Å². The molecule has 18 heavy (non-hydrogen) atoms. The summed E-state index contributed by atoms with van der Waals surface area (Å²) in [6.45, 7) is 1.77. The first-order valence-corrected chi connectivity index (χ1v) is 6.91. The van der Waals surface area contributed by atoms with Gasteiger partial charge in [-0.2, -0.15) is 0 Å². The Morgan fingerprint density at radius 2 is 2.06 bits per heavy atom. The number of hydrogen-bond acceptors (Lipinski definition) is 3. The Kier molecular flexibility index (Phi) is 6.05. The lowest BCUT2D eigenvalue weighted by atomic mass is 9.98. The number of halogens is 2. The highest BCUT2D eigenvalue weighted by atomic mass is 32.2. The van der Waals surface area contributed by atoms with Crippen molar-refractivity contribution < 1.29 is 13.9 Å². The fraction of sp³-hybridized carbons (Fsp3) is 0.538. The molecule has 2 nitrogen and oxygen atoms in total. The molecule has 1 atom stereocenters. The van der Waals surface area contributed by atoms with Gasteiger partial charge in [-0.25, -0.2) is 8.78 Å². The normalized spacial score (nSPS) is 14.5. The number of nitrogens with two attached hydrogens (primary N) is 1. The molecule has 0 heterocycles. The lowest BCUT2D eigenvalue weighted by molar-refractivity contribution is 0.198. The third-order valence-electron chi connectivity index (χ3n) is 2.65. The molecule has 0 fully saturated rings. The van der Waals surface area contributed by atoms with Gasteiger partial charge in [0.15, 0.2) is 0 Å². The number of aliphatic hydroxyl groups is 1. The summed E-state index contributed by atoms with van der Waals surface area (Å²) < 4.78 is 26.0. The molecule has 0 aliphatic carbocycles. The standard InChI is InChI=1S/C13H19F2NOS/c1-13(16,9-17)6-2-3-7-18-12-5-4-10(14)8-11(12)15/h4-5,8,17H,2-3,6-7,9,16H2,1H3. The second-order valence-electron chi connectivity index (χ2n) is 4.69. The molecule has 0 aliphatic heterocycles. The van der Waals surface area contributed by atoms with Crippen LogP contribution in [0.3, 0.4) is 0 Å². The van der Waals surface area contributed by atoms with Gasteiger partial charge in [-0.3, -0.25) is 0 Å². The summed E-state index contributed by atoms with van der Waals surface area (Å²) in [7, 11) is 0. The zero-order chi connectivity index (χ0) is 13.6. The van der Waals surface area contributed by atoms with E-state index in [9.17, 15) is 8.78 Å². The molecule has 0 saturated heterocycles. The fourth-order valence-corrected chi connectivity index (χ4v) is 2.41. The Balaban J connectivity index is 2.26. The van der Waals surface area contributed by atoms with Crippen LogP contribution in [0.4, 0.5) is 8.78 Å². The second kappa shape index (κ2) is 7.07. The monoisotopic (exact) mass is 275 g/mol. The van der Waals surface area contributed by atoms with E-state index in [0.29, 0.717) is 4.90 Å². The average molecular weight is 275 g/mol. The van der Waals surface area contributed by atoms with Gasteiger partial charge < -0.3 is 10.8 Å². The van der Waals surface area contributed by atoms with Gasteiger partial charge in [0.25, 0.3) is 0 Å². The summed E-state index contributed by atoms with van der Waals surface area (Å²) in [4.78, 5) is 0.467. The highest BCUT2D eigenvalue weighted by Crippen LogP contribution is 2.24. The largest absolute Gasteiger partial charge is 0.394 e. The summed E-state index contributed by atoms with van der Waals surface area (Å²) in [5.41, 5.74) is 5.26. The molecule has 1 rings (SSSR count). The van der Waals surface area contributed by atoms with Crippen molar-refractivity contribution in [2.75, 3.05) is 12.4 Å². The summed E-state index contributed by atoms with van der Waals surface area (Å²) in [6, 6.07) is 3.61. The van der Waals surface area contributed by atoms with Gasteiger partial charge in [-0.05, 0) is 37.7 Å². The van der Waals surface area contributed by atoms with E-state index >= 15 is 0 Å². The van der Waals surface area contributed by atoms with Crippen LogP contribution in [0.2, 0.25) is 0 Å². The molecule has 0 saturated carbocycles. The zero-order valence-corrected chi connectivity index (χ0v) is 11.3. The number of aliphatic hydroxyl groups excluding tert-OH is 1. The predicted octanol–water partition coefficient (Wildman–Crippen LogP) is 2.94. The molecule has 0 aromatic heterocycles. The van der Waals surface area contributed by atoms with Crippen molar-refractivity contribution in [3.8, 4) is 0 Å². The Morgan fingerprint density at radius 3 is 2.67 bits per heavy atom. The Labute approximate surface area is 111 Å². The lowest BCUT2D eigenvalue weighted by Crippen LogP contribution is -2.39. The van der Waals surface area contributed by atoms with Crippen LogP contribution >= 0.6 is 11.8 Å². The van der Waals surface area contributed by atoms with Crippen LogP contribution in [0.5, 0.6) is 0 Å². The van der Waals surface area contributed by atoms with Crippen LogP contribution in [-0.4, -0.2) is 23.0 Å². The van der Waals surface area contributed by atoms with Gasteiger partial charge in [0.2, 0.25) is 0 Å². The van der Waals surface area contributed by atoms with E-state index in [4.69, 9.17) is 10.8 Å². The van der Waals surface area contributed by atoms with Gasteiger partial charge in [0.1, 0.15) is 11.6 Å². The first-order valence-electron chi connectivity index (χ1n) is 5.92. The van der Waals surface area contributed by atoms with Gasteiger partial charge in [0.05, 0.1) is 6.61 Å². The van der Waals surface area contributed by atoms with E-state index in [1.165, 1.54) is 23.9 Å². The number of thioether (sulfide) groups is 1. The van der Waals surface area contributed by atoms with Gasteiger partial charge in [-0.1, -0.05) is 6.42 Å². The average Bonchev–Trinajstić information content (AvgIpc) is 2.31. The predicted molar refractivity (Wildman–Crippen MR) is 70.6 cm³/mol. The molecular weight excluding hydrogens is 256 g/mol. The molecule has 1 unspecified atom stereocenters.